The Kier molecular flexibility index (Phi) is 5.84. The molecule has 0 saturated heterocycles. The number of nitrogens with one attached hydrogen (secondary N) is 1. The van der Waals surface area contributed by atoms with Gasteiger partial charge in [-0.1, -0.05) is 36.0 Å². The molecule has 0 saturated carbocycles. The van der Waals surface area contributed by atoms with Crippen LogP contribution >= 0.6 is 23.4 Å². The summed E-state index contributed by atoms with van der Waals surface area (Å²) in [6, 6.07) is 17.0. The Balaban J connectivity index is 1.60. The molecule has 0 bridgehead atoms. The van der Waals surface area contributed by atoms with Gasteiger partial charge in [-0.2, -0.15) is 13.2 Å². The third-order valence-electron chi connectivity index (χ3n) is 4.37. The van der Waals surface area contributed by atoms with Crippen LogP contribution in [0.4, 0.5) is 18.9 Å². The smallest absolute Gasteiger partial charge is 0.322 e. The van der Waals surface area contributed by atoms with Gasteiger partial charge in [0.15, 0.2) is 0 Å². The second-order valence-corrected chi connectivity index (χ2v) is 7.92. The third-order valence-corrected chi connectivity index (χ3v) is 5.48. The average Bonchev–Trinajstić information content (AvgIpc) is 2.73. The molecule has 4 aromatic rings. The maximum absolute atomic E-state index is 12.9. The van der Waals surface area contributed by atoms with Gasteiger partial charge in [0.2, 0.25) is 5.28 Å². The summed E-state index contributed by atoms with van der Waals surface area (Å²) < 4.78 is 38.8. The number of hydrogen-bond acceptors (Lipinski definition) is 4. The number of amides is 1. The summed E-state index contributed by atoms with van der Waals surface area (Å²) in [5.74, 6) is -0.493. The number of benzene rings is 3. The third kappa shape index (κ3) is 4.98. The van der Waals surface area contributed by atoms with Gasteiger partial charge in [-0.3, -0.25) is 4.79 Å². The molecule has 0 aliphatic rings. The van der Waals surface area contributed by atoms with E-state index in [9.17, 15) is 18.0 Å². The number of hydrogen-bond donors (Lipinski definition) is 1. The van der Waals surface area contributed by atoms with E-state index in [1.165, 1.54) is 23.9 Å². The van der Waals surface area contributed by atoms with Crippen LogP contribution < -0.4 is 5.32 Å². The van der Waals surface area contributed by atoms with E-state index in [0.717, 1.165) is 22.4 Å². The van der Waals surface area contributed by atoms with Gasteiger partial charge in [0.1, 0.15) is 5.03 Å². The van der Waals surface area contributed by atoms with Crippen LogP contribution in [0.15, 0.2) is 82.8 Å². The highest BCUT2D eigenvalue weighted by atomic mass is 35.5. The highest BCUT2D eigenvalue weighted by molar-refractivity contribution is 7.99. The van der Waals surface area contributed by atoms with Crippen molar-refractivity contribution < 1.29 is 18.0 Å². The van der Waals surface area contributed by atoms with Crippen LogP contribution in [0.2, 0.25) is 5.28 Å². The minimum Gasteiger partial charge on any atom is -0.322 e. The first-order valence-corrected chi connectivity index (χ1v) is 10.2. The van der Waals surface area contributed by atoms with Gasteiger partial charge in [0.05, 0.1) is 5.56 Å². The van der Waals surface area contributed by atoms with Crippen molar-refractivity contribution in [1.29, 1.82) is 0 Å². The van der Waals surface area contributed by atoms with Crippen LogP contribution in [0.25, 0.3) is 10.8 Å². The standard InChI is InChI=1S/C22H13ClF3N3OS/c23-21-27-10-9-19(29-21)31-16-7-8-17-13(11-16)3-1-6-18(17)20(30)28-15-5-2-4-14(12-15)22(24,25)26/h1-12H,(H,28,30). The SMILES string of the molecule is O=C(Nc1cccc(C(F)(F)F)c1)c1cccc2cc(Sc3ccnc(Cl)n3)ccc12. The highest BCUT2D eigenvalue weighted by Crippen LogP contribution is 2.32. The molecule has 1 amide bonds. The Hall–Kier alpha value is -3.10. The van der Waals surface area contributed by atoms with Gasteiger partial charge in [-0.15, -0.1) is 0 Å². The molecule has 31 heavy (non-hydrogen) atoms. The number of alkyl halides is 3. The fourth-order valence-electron chi connectivity index (χ4n) is 2.99. The van der Waals surface area contributed by atoms with Crippen LogP contribution in [-0.4, -0.2) is 15.9 Å². The van der Waals surface area contributed by atoms with Gasteiger partial charge in [0, 0.05) is 22.3 Å². The molecule has 0 aliphatic heterocycles. The van der Waals surface area contributed by atoms with Crippen molar-refractivity contribution in [2.75, 3.05) is 5.32 Å². The molecule has 0 radical (unpaired) electrons. The fourth-order valence-corrected chi connectivity index (χ4v) is 4.01. The summed E-state index contributed by atoms with van der Waals surface area (Å²) >= 11 is 7.22. The zero-order chi connectivity index (χ0) is 22.0. The van der Waals surface area contributed by atoms with Gasteiger partial charge >= 0.3 is 6.18 Å². The molecule has 0 atom stereocenters. The van der Waals surface area contributed by atoms with E-state index in [1.54, 1.807) is 30.5 Å². The maximum Gasteiger partial charge on any atom is 0.416 e. The number of nitrogens with zero attached hydrogens (tertiary/aromatic N) is 2. The van der Waals surface area contributed by atoms with E-state index in [1.807, 2.05) is 18.2 Å². The highest BCUT2D eigenvalue weighted by Gasteiger charge is 2.30. The van der Waals surface area contributed by atoms with Crippen molar-refractivity contribution in [3.8, 4) is 0 Å². The summed E-state index contributed by atoms with van der Waals surface area (Å²) in [7, 11) is 0. The lowest BCUT2D eigenvalue weighted by molar-refractivity contribution is -0.137. The maximum atomic E-state index is 12.9. The quantitative estimate of drug-likeness (QED) is 0.272. The minimum atomic E-state index is -4.48. The number of halogens is 4. The van der Waals surface area contributed by atoms with Crippen LogP contribution in [0.3, 0.4) is 0 Å². The molecule has 156 valence electrons. The Bertz CT molecular complexity index is 1280. The van der Waals surface area contributed by atoms with Crippen molar-refractivity contribution in [2.24, 2.45) is 0 Å². The van der Waals surface area contributed by atoms with E-state index in [4.69, 9.17) is 11.6 Å². The molecule has 1 aromatic heterocycles. The van der Waals surface area contributed by atoms with E-state index in [-0.39, 0.29) is 11.0 Å². The first-order chi connectivity index (χ1) is 14.8. The van der Waals surface area contributed by atoms with Crippen LogP contribution in [0, 0.1) is 0 Å². The lowest BCUT2D eigenvalue weighted by Gasteiger charge is -2.11. The normalized spacial score (nSPS) is 11.5. The molecule has 3 aromatic carbocycles. The van der Waals surface area contributed by atoms with Crippen molar-refractivity contribution in [3.05, 3.63) is 89.3 Å². The summed E-state index contributed by atoms with van der Waals surface area (Å²) in [4.78, 5) is 21.6. The summed E-state index contributed by atoms with van der Waals surface area (Å²) in [6.45, 7) is 0. The molecule has 1 heterocycles. The van der Waals surface area contributed by atoms with Crippen molar-refractivity contribution in [1.82, 2.24) is 9.97 Å². The largest absolute Gasteiger partial charge is 0.416 e. The molecule has 4 nitrogen and oxygen atoms in total. The van der Waals surface area contributed by atoms with Gasteiger partial charge in [-0.25, -0.2) is 9.97 Å². The molecular formula is C22H13ClF3N3OS. The Morgan fingerprint density at radius 1 is 1.00 bits per heavy atom. The fraction of sp³-hybridized carbons (Fsp3) is 0.0455. The van der Waals surface area contributed by atoms with E-state index in [2.05, 4.69) is 15.3 Å². The summed E-state index contributed by atoms with van der Waals surface area (Å²) in [5, 5.41) is 4.86. The Labute approximate surface area is 184 Å². The topological polar surface area (TPSA) is 54.9 Å². The van der Waals surface area contributed by atoms with Gasteiger partial charge < -0.3 is 5.32 Å². The van der Waals surface area contributed by atoms with Gasteiger partial charge in [0.25, 0.3) is 5.91 Å². The summed E-state index contributed by atoms with van der Waals surface area (Å²) in [5.41, 5.74) is -0.393. The number of carbonyl (C=O) groups is 1. The van der Waals surface area contributed by atoms with E-state index >= 15 is 0 Å². The van der Waals surface area contributed by atoms with E-state index in [0.29, 0.717) is 16.0 Å². The average molecular weight is 460 g/mol. The number of anilines is 1. The zero-order valence-corrected chi connectivity index (χ0v) is 17.2. The molecular weight excluding hydrogens is 447 g/mol. The second kappa shape index (κ2) is 8.56. The van der Waals surface area contributed by atoms with Crippen LogP contribution in [0.5, 0.6) is 0 Å². The van der Waals surface area contributed by atoms with Crippen molar-refractivity contribution in [2.45, 2.75) is 16.1 Å². The van der Waals surface area contributed by atoms with E-state index < -0.39 is 17.6 Å². The molecule has 9 heteroatoms. The number of rotatable bonds is 4. The zero-order valence-electron chi connectivity index (χ0n) is 15.7. The molecule has 0 unspecified atom stereocenters. The van der Waals surface area contributed by atoms with Gasteiger partial charge in [-0.05, 0) is 64.8 Å². The van der Waals surface area contributed by atoms with Crippen LogP contribution in [0.1, 0.15) is 15.9 Å². The number of aromatic nitrogens is 2. The Morgan fingerprint density at radius 3 is 2.58 bits per heavy atom. The van der Waals surface area contributed by atoms with Crippen LogP contribution in [-0.2, 0) is 6.18 Å². The predicted octanol–water partition coefficient (Wildman–Crippen LogP) is 6.71. The summed E-state index contributed by atoms with van der Waals surface area (Å²) in [6.07, 6.45) is -2.92. The molecule has 0 spiro atoms. The minimum absolute atomic E-state index is 0.0737. The number of carbonyl (C=O) groups excluding carboxylic acids is 1. The lowest BCUT2D eigenvalue weighted by atomic mass is 10.0. The molecule has 1 N–H and O–H groups in total. The molecule has 0 aliphatic carbocycles. The predicted molar refractivity (Wildman–Crippen MR) is 115 cm³/mol. The first kappa shape index (κ1) is 21.1. The monoisotopic (exact) mass is 459 g/mol. The lowest BCUT2D eigenvalue weighted by Crippen LogP contribution is -2.13. The first-order valence-electron chi connectivity index (χ1n) is 8.97. The molecule has 4 rings (SSSR count). The molecule has 0 fully saturated rings. The second-order valence-electron chi connectivity index (χ2n) is 6.49. The Morgan fingerprint density at radius 2 is 1.81 bits per heavy atom. The van der Waals surface area contributed by atoms with Crippen molar-refractivity contribution in [3.63, 3.8) is 0 Å². The van der Waals surface area contributed by atoms with Crippen molar-refractivity contribution >= 4 is 45.7 Å². The number of fused-ring (bicyclic) bond motifs is 1.